The minimum atomic E-state index is -1.33. The molecule has 0 aliphatic carbocycles. The van der Waals surface area contributed by atoms with Gasteiger partial charge in [0.1, 0.15) is 29.9 Å². The molecule has 3 aliphatic heterocycles. The van der Waals surface area contributed by atoms with E-state index in [1.165, 1.54) is 0 Å². The quantitative estimate of drug-likeness (QED) is 0.0660. The van der Waals surface area contributed by atoms with Crippen LogP contribution in [0.1, 0.15) is 109 Å². The van der Waals surface area contributed by atoms with Gasteiger partial charge < -0.3 is 19.7 Å². The number of aromatic nitrogens is 3. The number of ether oxygens (including phenoxy) is 2. The van der Waals surface area contributed by atoms with Crippen molar-refractivity contribution in [1.82, 2.24) is 29.2 Å². The van der Waals surface area contributed by atoms with E-state index in [-0.39, 0.29) is 49.7 Å². The van der Waals surface area contributed by atoms with Crippen molar-refractivity contribution in [3.8, 4) is 11.8 Å². The van der Waals surface area contributed by atoms with Gasteiger partial charge in [-0.3, -0.25) is 34.0 Å². The normalized spacial score (nSPS) is 18.3. The molecule has 14 nitrogen and oxygen atoms in total. The number of fused-ring (bicyclic) bond motifs is 2. The summed E-state index contributed by atoms with van der Waals surface area (Å²) in [4.78, 5) is 80.4. The smallest absolute Gasteiger partial charge is 0.419 e. The average Bonchev–Trinajstić information content (AvgIpc) is 3.91. The summed E-state index contributed by atoms with van der Waals surface area (Å²) in [6.45, 7) is 13.8. The Morgan fingerprint density at radius 3 is 2.52 bits per heavy atom. The first-order valence-electron chi connectivity index (χ1n) is 21.5. The van der Waals surface area contributed by atoms with Crippen molar-refractivity contribution in [1.29, 1.82) is 0 Å². The minimum Gasteiger partial charge on any atom is -0.443 e. The van der Waals surface area contributed by atoms with Crippen LogP contribution in [0.25, 0.3) is 10.9 Å². The van der Waals surface area contributed by atoms with Gasteiger partial charge in [0, 0.05) is 74.7 Å². The van der Waals surface area contributed by atoms with Crippen molar-refractivity contribution in [3.05, 3.63) is 88.5 Å². The number of rotatable bonds is 12. The van der Waals surface area contributed by atoms with Gasteiger partial charge in [-0.15, -0.1) is 0 Å². The Balaban J connectivity index is 0.937. The van der Waals surface area contributed by atoms with E-state index in [2.05, 4.69) is 58.7 Å². The number of hydrogen-bond donors (Lipinski definition) is 1. The fourth-order valence-corrected chi connectivity index (χ4v) is 8.92. The molecule has 3 aromatic heterocycles. The van der Waals surface area contributed by atoms with Gasteiger partial charge in [-0.2, -0.15) is 0 Å². The summed E-state index contributed by atoms with van der Waals surface area (Å²) in [5.41, 5.74) is 4.01. The standard InChI is InChI=1S/C47H57N7O7Si/c1-47(2,3)61-46(59)54-39-26-41(49-28-33(39)25-40(54)37-17-12-22-51(37)4)50-43(56)36-19-18-31(27-48-36)13-9-8-10-14-32-15-11-16-34-35(32)29-52(44(34)57)38-20-21-42(55)53(45(38)58)30-60-23-24-62(5,6)7/h11,15-16,18-19,25-28,37-38H,8-9,12-13,17,20-24,29-30H2,1-7H3,(H,49,50,56)/t37-,38?/m1/s1. The second-order valence-corrected chi connectivity index (χ2v) is 24.3. The number of amides is 4. The highest BCUT2D eigenvalue weighted by Gasteiger charge is 2.43. The molecule has 7 rings (SSSR count). The lowest BCUT2D eigenvalue weighted by Gasteiger charge is -2.35. The van der Waals surface area contributed by atoms with Gasteiger partial charge in [-0.05, 0) is 108 Å². The van der Waals surface area contributed by atoms with E-state index in [1.54, 1.807) is 46.1 Å². The molecule has 15 heteroatoms. The van der Waals surface area contributed by atoms with Crippen LogP contribution in [0.2, 0.25) is 25.7 Å². The molecule has 0 spiro atoms. The number of unbranched alkanes of at least 4 members (excludes halogenated alkanes) is 1. The van der Waals surface area contributed by atoms with Crippen molar-refractivity contribution >= 4 is 54.5 Å². The molecule has 1 N–H and O–H groups in total. The lowest BCUT2D eigenvalue weighted by molar-refractivity contribution is -0.158. The number of nitrogens with one attached hydrogen (secondary N) is 1. The summed E-state index contributed by atoms with van der Waals surface area (Å²) < 4.78 is 13.2. The van der Waals surface area contributed by atoms with Crippen LogP contribution in [0.4, 0.5) is 10.6 Å². The number of anilines is 1. The maximum Gasteiger partial charge on any atom is 0.419 e. The van der Waals surface area contributed by atoms with E-state index in [9.17, 15) is 24.0 Å². The Bertz CT molecular complexity index is 2440. The SMILES string of the molecule is CN1CCC[C@@H]1c1cc2cnc(NC(=O)c3ccc(CCCC#Cc4cccc5c4CN(C4CCC(=O)N(COCC[Si](C)(C)C)C4=O)C5=O)cn3)cc2n1C(=O)OC(C)(C)C. The minimum absolute atomic E-state index is 0.0595. The Morgan fingerprint density at radius 1 is 1.00 bits per heavy atom. The van der Waals surface area contributed by atoms with Gasteiger partial charge in [0.2, 0.25) is 5.91 Å². The number of likely N-dealkylation sites (tertiary alicyclic amines) is 2. The number of hydrogen-bond acceptors (Lipinski definition) is 10. The molecule has 2 atom stereocenters. The van der Waals surface area contributed by atoms with E-state index in [0.717, 1.165) is 64.5 Å². The average molecular weight is 860 g/mol. The zero-order valence-corrected chi connectivity index (χ0v) is 37.9. The predicted molar refractivity (Wildman–Crippen MR) is 238 cm³/mol. The van der Waals surface area contributed by atoms with Crippen molar-refractivity contribution < 1.29 is 33.4 Å². The fraction of sp³-hybridized carbons (Fsp3) is 0.468. The first-order valence-corrected chi connectivity index (χ1v) is 25.2. The number of aryl methyl sites for hydroxylation is 1. The van der Waals surface area contributed by atoms with Gasteiger partial charge in [-0.25, -0.2) is 14.3 Å². The Labute approximate surface area is 364 Å². The highest BCUT2D eigenvalue weighted by atomic mass is 28.3. The molecule has 2 saturated heterocycles. The number of piperidine rings is 1. The molecule has 0 bridgehead atoms. The summed E-state index contributed by atoms with van der Waals surface area (Å²) in [5.74, 6) is 5.46. The number of benzene rings is 1. The lowest BCUT2D eigenvalue weighted by Crippen LogP contribution is -2.55. The molecule has 4 aromatic rings. The second kappa shape index (κ2) is 18.3. The maximum absolute atomic E-state index is 13.6. The number of pyridine rings is 2. The molecule has 3 aliphatic rings. The Morgan fingerprint density at radius 2 is 1.81 bits per heavy atom. The Kier molecular flexibility index (Phi) is 13.1. The largest absolute Gasteiger partial charge is 0.443 e. The first-order chi connectivity index (χ1) is 29.5. The molecule has 6 heterocycles. The number of imide groups is 1. The van der Waals surface area contributed by atoms with Crippen molar-refractivity contribution in [2.75, 3.05) is 32.2 Å². The predicted octanol–water partition coefficient (Wildman–Crippen LogP) is 7.39. The van der Waals surface area contributed by atoms with Crippen LogP contribution in [0, 0.1) is 11.8 Å². The summed E-state index contributed by atoms with van der Waals surface area (Å²) in [6.07, 6.45) is 7.32. The van der Waals surface area contributed by atoms with Crippen LogP contribution in [-0.2, 0) is 32.0 Å². The molecule has 62 heavy (non-hydrogen) atoms. The van der Waals surface area contributed by atoms with Crippen molar-refractivity contribution in [2.24, 2.45) is 0 Å². The van der Waals surface area contributed by atoms with E-state index >= 15 is 0 Å². The lowest BCUT2D eigenvalue weighted by atomic mass is 10.0. The Hall–Kier alpha value is -5.69. The molecule has 0 radical (unpaired) electrons. The van der Waals surface area contributed by atoms with E-state index in [0.29, 0.717) is 36.3 Å². The highest BCUT2D eigenvalue weighted by molar-refractivity contribution is 6.76. The van der Waals surface area contributed by atoms with Crippen molar-refractivity contribution in [3.63, 3.8) is 0 Å². The third-order valence-corrected chi connectivity index (χ3v) is 13.2. The maximum atomic E-state index is 13.6. The highest BCUT2D eigenvalue weighted by Crippen LogP contribution is 2.36. The molecule has 1 aromatic carbocycles. The molecule has 326 valence electrons. The number of carbonyl (C=O) groups excluding carboxylic acids is 5. The van der Waals surface area contributed by atoms with E-state index in [1.807, 2.05) is 39.0 Å². The van der Waals surface area contributed by atoms with Gasteiger partial charge >= 0.3 is 6.09 Å². The van der Waals surface area contributed by atoms with Gasteiger partial charge in [0.15, 0.2) is 0 Å². The number of carbonyl (C=O) groups is 5. The van der Waals surface area contributed by atoms with Crippen LogP contribution < -0.4 is 5.32 Å². The summed E-state index contributed by atoms with van der Waals surface area (Å²) in [6, 6.07) is 12.9. The van der Waals surface area contributed by atoms with Crippen molar-refractivity contribution in [2.45, 2.75) is 116 Å². The molecule has 4 amide bonds. The summed E-state index contributed by atoms with van der Waals surface area (Å²) >= 11 is 0. The first kappa shape index (κ1) is 44.4. The van der Waals surface area contributed by atoms with E-state index < -0.39 is 37.6 Å². The summed E-state index contributed by atoms with van der Waals surface area (Å²) in [7, 11) is 0.722. The fourth-order valence-electron chi connectivity index (χ4n) is 8.16. The molecular formula is C47H57N7O7Si. The van der Waals surface area contributed by atoms with Crippen LogP contribution in [0.15, 0.2) is 54.9 Å². The molecule has 1 unspecified atom stereocenters. The third kappa shape index (κ3) is 10.1. The zero-order chi connectivity index (χ0) is 44.3. The topological polar surface area (TPSA) is 156 Å². The van der Waals surface area contributed by atoms with Gasteiger partial charge in [-0.1, -0.05) is 43.6 Å². The second-order valence-electron chi connectivity index (χ2n) is 18.6. The van der Waals surface area contributed by atoms with E-state index in [4.69, 9.17) is 9.47 Å². The van der Waals surface area contributed by atoms with Crippen LogP contribution in [0.5, 0.6) is 0 Å². The van der Waals surface area contributed by atoms with Gasteiger partial charge in [0.25, 0.3) is 17.7 Å². The monoisotopic (exact) mass is 859 g/mol. The number of nitrogens with zero attached hydrogens (tertiary/aromatic N) is 6. The molecule has 2 fully saturated rings. The van der Waals surface area contributed by atoms with Crippen LogP contribution in [0.3, 0.4) is 0 Å². The van der Waals surface area contributed by atoms with Crippen LogP contribution in [-0.4, -0.2) is 106 Å². The zero-order valence-electron chi connectivity index (χ0n) is 36.9. The van der Waals surface area contributed by atoms with Crippen LogP contribution >= 0.6 is 0 Å². The van der Waals surface area contributed by atoms with Gasteiger partial charge in [0.05, 0.1) is 11.6 Å². The molecular weight excluding hydrogens is 803 g/mol. The molecule has 0 saturated carbocycles. The third-order valence-electron chi connectivity index (χ3n) is 11.5. The summed E-state index contributed by atoms with van der Waals surface area (Å²) in [5, 5.41) is 3.62.